The van der Waals surface area contributed by atoms with E-state index in [9.17, 15) is 147 Å². The van der Waals surface area contributed by atoms with Crippen LogP contribution in [0.1, 0.15) is 34.1 Å². The van der Waals surface area contributed by atoms with Gasteiger partial charge in [0.2, 0.25) is 17.7 Å². The summed E-state index contributed by atoms with van der Waals surface area (Å²) < 4.78 is 82.4. The van der Waals surface area contributed by atoms with Crippen LogP contribution in [0.5, 0.6) is 0 Å². The molecule has 7 rings (SSSR count). The molecule has 7 fully saturated rings. The molecule has 7 aliphatic rings. The first-order chi connectivity index (χ1) is 48.4. The first-order valence-corrected chi connectivity index (χ1v) is 32.5. The summed E-state index contributed by atoms with van der Waals surface area (Å²) in [5.41, 5.74) is 0. The molecule has 7 heterocycles. The summed E-state index contributed by atoms with van der Waals surface area (Å²) in [6.45, 7) is -5.34. The van der Waals surface area contributed by atoms with Crippen LogP contribution >= 0.6 is 0 Å². The van der Waals surface area contributed by atoms with E-state index < -0.39 is 328 Å². The molecule has 46 nitrogen and oxygen atoms in total. The second-order valence-electron chi connectivity index (χ2n) is 25.8. The summed E-state index contributed by atoms with van der Waals surface area (Å²) in [6, 6.07) is -5.60. The normalized spacial score (nSPS) is 45.1. The lowest BCUT2D eigenvalue weighted by Gasteiger charge is -2.51. The molecule has 7 aliphatic heterocycles. The highest BCUT2D eigenvalue weighted by Crippen LogP contribution is 2.40. The molecule has 0 radical (unpaired) electrons. The van der Waals surface area contributed by atoms with Crippen molar-refractivity contribution in [3.05, 3.63) is 0 Å². The monoisotopic (exact) mass is 1510 g/mol. The third kappa shape index (κ3) is 19.7. The molecule has 0 aliphatic carbocycles. The zero-order valence-corrected chi connectivity index (χ0v) is 55.4. The van der Waals surface area contributed by atoms with E-state index in [4.69, 9.17) is 66.3 Å². The highest BCUT2D eigenvalue weighted by atomic mass is 16.8. The Labute approximate surface area is 583 Å². The molecule has 3 amide bonds. The van der Waals surface area contributed by atoms with E-state index in [1.807, 2.05) is 0 Å². The van der Waals surface area contributed by atoms with Gasteiger partial charge in [0, 0.05) is 27.2 Å². The summed E-state index contributed by atoms with van der Waals surface area (Å²) in [6.07, 6.45) is -77.3. The van der Waals surface area contributed by atoms with E-state index in [0.29, 0.717) is 0 Å². The van der Waals surface area contributed by atoms with E-state index in [2.05, 4.69) is 16.0 Å². The molecular weight excluding hydrogens is 1410 g/mol. The molecule has 103 heavy (non-hydrogen) atoms. The SMILES string of the molecule is CC(=O)N[C@H]1[C@H](O[C@H]2[C@@H](O)[C@@H](CO[C@@H]3O[C@H](CO)[C@@H](O[C@@H]4O[C@H](CO[C@]5(C(=O)O)C[C@H](O)[C@@H](NC(C)=O)[C@H]([C@H](O)[C@H](O)CO)O5)[C@H](O)[C@H](O)[C@H]4O)[C@H](O[C@@H]4O[C@@H](C)[C@@H](O)[C@@H](O)[C@@H]4O)[C@H]3NC(C)=O)O[C@@H](O[C@@H]([C@H](O)[C@@H](O)CO)[C@H](O)CO)[C@@H]2O)O[C@H](CO)[C@@H](O[C@@H]2O[C@H](CO)[C@H](O)[C@H](O)[C@H]2O)[C@@H]1O. The molecule has 0 unspecified atom stereocenters. The number of carboxylic acids is 1. The second kappa shape index (κ2) is 37.7. The van der Waals surface area contributed by atoms with E-state index in [1.54, 1.807) is 0 Å². The lowest BCUT2D eigenvalue weighted by Crippen LogP contribution is -2.70. The van der Waals surface area contributed by atoms with Crippen molar-refractivity contribution in [1.82, 2.24) is 16.0 Å². The van der Waals surface area contributed by atoms with E-state index in [0.717, 1.165) is 20.8 Å². The van der Waals surface area contributed by atoms with Crippen molar-refractivity contribution in [2.24, 2.45) is 0 Å². The van der Waals surface area contributed by atoms with Gasteiger partial charge in [-0.25, -0.2) is 4.79 Å². The van der Waals surface area contributed by atoms with Crippen LogP contribution in [0.25, 0.3) is 0 Å². The Morgan fingerprint density at radius 2 is 0.883 bits per heavy atom. The molecule has 7 saturated heterocycles. The number of carboxylic acid groups (broad SMARTS) is 1. The predicted octanol–water partition coefficient (Wildman–Crippen LogP) is -18.2. The number of carbonyl (C=O) groups excluding carboxylic acids is 3. The number of aliphatic hydroxyl groups is 24. The lowest BCUT2D eigenvalue weighted by atomic mass is 9.88. The molecule has 0 bridgehead atoms. The lowest BCUT2D eigenvalue weighted by molar-refractivity contribution is -0.384. The van der Waals surface area contributed by atoms with Gasteiger partial charge in [0.05, 0.1) is 71.1 Å². The van der Waals surface area contributed by atoms with Crippen molar-refractivity contribution < 1.29 is 213 Å². The Balaban J connectivity index is 1.23. The number of amides is 3. The maximum atomic E-state index is 13.4. The summed E-state index contributed by atoms with van der Waals surface area (Å²) in [7, 11) is 0. The van der Waals surface area contributed by atoms with Gasteiger partial charge in [0.15, 0.2) is 37.7 Å². The fourth-order valence-corrected chi connectivity index (χ4v) is 12.7. The van der Waals surface area contributed by atoms with Crippen LogP contribution in [0.3, 0.4) is 0 Å². The van der Waals surface area contributed by atoms with Crippen LogP contribution in [0.4, 0.5) is 0 Å². The van der Waals surface area contributed by atoms with Gasteiger partial charge in [0.1, 0.15) is 183 Å². The molecule has 28 N–H and O–H groups in total. The third-order valence-electron chi connectivity index (χ3n) is 18.4. The summed E-state index contributed by atoms with van der Waals surface area (Å²) in [5, 5.41) is 278. The Kier molecular flexibility index (Phi) is 31.7. The maximum Gasteiger partial charge on any atom is 0.364 e. The van der Waals surface area contributed by atoms with Gasteiger partial charge in [-0.15, -0.1) is 0 Å². The van der Waals surface area contributed by atoms with Gasteiger partial charge in [-0.2, -0.15) is 0 Å². The highest BCUT2D eigenvalue weighted by Gasteiger charge is 2.61. The zero-order valence-electron chi connectivity index (χ0n) is 55.4. The van der Waals surface area contributed by atoms with Crippen molar-refractivity contribution in [3.8, 4) is 0 Å². The van der Waals surface area contributed by atoms with Crippen LogP contribution in [0.15, 0.2) is 0 Å². The average Bonchev–Trinajstić information content (AvgIpc) is 0.772. The van der Waals surface area contributed by atoms with Gasteiger partial charge >= 0.3 is 5.97 Å². The fourth-order valence-electron chi connectivity index (χ4n) is 12.7. The minimum atomic E-state index is -3.10. The summed E-state index contributed by atoms with van der Waals surface area (Å²) >= 11 is 0. The summed E-state index contributed by atoms with van der Waals surface area (Å²) in [4.78, 5) is 51.4. The number of hydrogen-bond donors (Lipinski definition) is 28. The number of ether oxygens (including phenoxy) is 14. The van der Waals surface area contributed by atoms with E-state index in [-0.39, 0.29) is 0 Å². The topological polar surface area (TPSA) is 739 Å². The van der Waals surface area contributed by atoms with Gasteiger partial charge in [-0.05, 0) is 6.92 Å². The van der Waals surface area contributed by atoms with Gasteiger partial charge < -0.3 is 210 Å². The number of aliphatic hydroxyl groups excluding tert-OH is 24. The standard InChI is InChI=1S/C57H97N3O43/c1-14-30(74)37(81)40(84)52(92-14)101-48-29(60-17(4)69)50(94-24(11-66)46(48)100-54-42(86)39(83)34(78)26(97-54)13-91-57(56(88)89)5-18(70)27(58-15(2)67)47(103-57)32(76)20(72)7-62)90-12-25-35(79)49(43(87)55(96-25)98-44(21(73)8-63)31(75)19(71)6-61)102-51-28(59-16(3)68)36(80)45(23(10-65)95-51)99-53-41(85)38(82)33(77)22(9-64)93-53/h14,18-55,61-66,70-87H,5-13H2,1-4H3,(H,58,67)(H,59,68)(H,60,69)(H,88,89)/t14-,18-,19-,20+,21+,22+,23+,24+,25+,26+,27+,28+,29+,30+,31+,32+,33-,34-,35-,36+,37+,38-,39-,40-,41+,42+,43+,44+,45+,46+,47+,48+,49-,50+,51-,52-,53-,54-,55-,57+/m0/s1. The van der Waals surface area contributed by atoms with Crippen LogP contribution in [0, 0.1) is 0 Å². The highest BCUT2D eigenvalue weighted by molar-refractivity contribution is 5.77. The molecule has 46 heteroatoms. The quantitative estimate of drug-likeness (QED) is 0.0306. The van der Waals surface area contributed by atoms with Gasteiger partial charge in [-0.1, -0.05) is 0 Å². The van der Waals surface area contributed by atoms with E-state index in [1.165, 1.54) is 6.92 Å². The number of nitrogens with one attached hydrogen (secondary N) is 3. The summed E-state index contributed by atoms with van der Waals surface area (Å²) in [5.74, 6) is -7.94. The number of carbonyl (C=O) groups is 4. The van der Waals surface area contributed by atoms with Crippen molar-refractivity contribution in [1.29, 1.82) is 0 Å². The Hall–Kier alpha value is -3.64. The molecule has 0 saturated carbocycles. The van der Waals surface area contributed by atoms with Crippen LogP contribution < -0.4 is 16.0 Å². The van der Waals surface area contributed by atoms with E-state index >= 15 is 0 Å². The average molecular weight is 1510 g/mol. The first-order valence-electron chi connectivity index (χ1n) is 32.5. The maximum absolute atomic E-state index is 13.4. The Morgan fingerprint density at radius 1 is 0.437 bits per heavy atom. The van der Waals surface area contributed by atoms with Crippen LogP contribution in [-0.2, 0) is 85.5 Å². The predicted molar refractivity (Wildman–Crippen MR) is 317 cm³/mol. The molecule has 0 aromatic rings. The third-order valence-corrected chi connectivity index (χ3v) is 18.4. The molecule has 40 atom stereocenters. The number of aliphatic carboxylic acids is 1. The smallest absolute Gasteiger partial charge is 0.364 e. The van der Waals surface area contributed by atoms with Gasteiger partial charge in [0.25, 0.3) is 5.79 Å². The molecule has 598 valence electrons. The van der Waals surface area contributed by atoms with Crippen LogP contribution in [0.2, 0.25) is 0 Å². The van der Waals surface area contributed by atoms with Gasteiger partial charge in [-0.3, -0.25) is 14.4 Å². The van der Waals surface area contributed by atoms with Crippen molar-refractivity contribution in [2.45, 2.75) is 279 Å². The zero-order chi connectivity index (χ0) is 76.7. The Morgan fingerprint density at radius 3 is 1.43 bits per heavy atom. The van der Waals surface area contributed by atoms with Crippen molar-refractivity contribution in [3.63, 3.8) is 0 Å². The van der Waals surface area contributed by atoms with Crippen LogP contribution in [-0.4, -0.2) is 449 Å². The minimum Gasteiger partial charge on any atom is -0.477 e. The fraction of sp³-hybridized carbons (Fsp3) is 0.930. The molecule has 0 spiro atoms. The molecular formula is C57H97N3O43. The largest absolute Gasteiger partial charge is 0.477 e. The number of rotatable bonds is 31. The molecule has 0 aromatic carbocycles. The minimum absolute atomic E-state index is 0.839. The Bertz CT molecular complexity index is 2670. The first kappa shape index (κ1) is 86.6. The molecule has 0 aromatic heterocycles. The second-order valence-corrected chi connectivity index (χ2v) is 25.8. The van der Waals surface area contributed by atoms with Crippen molar-refractivity contribution >= 4 is 23.7 Å². The van der Waals surface area contributed by atoms with Crippen molar-refractivity contribution in [2.75, 3.05) is 52.9 Å². The number of hydrogen-bond acceptors (Lipinski definition) is 42.